The molecule has 0 amide bonds. The van der Waals surface area contributed by atoms with Gasteiger partial charge in [0.15, 0.2) is 4.77 Å². The second-order valence-corrected chi connectivity index (χ2v) is 6.22. The Kier molecular flexibility index (Phi) is 3.71. The molecule has 0 aliphatic heterocycles. The Morgan fingerprint density at radius 1 is 1.29 bits per heavy atom. The van der Waals surface area contributed by atoms with E-state index in [1.807, 2.05) is 0 Å². The first-order valence-electron chi connectivity index (χ1n) is 6.67. The van der Waals surface area contributed by atoms with Crippen molar-refractivity contribution in [3.05, 3.63) is 10.6 Å². The van der Waals surface area contributed by atoms with E-state index in [1.165, 1.54) is 19.3 Å². The Labute approximate surface area is 109 Å². The highest BCUT2D eigenvalue weighted by molar-refractivity contribution is 7.71. The summed E-state index contributed by atoms with van der Waals surface area (Å²) in [6, 6.07) is 0.546. The number of nitrogens with zero attached hydrogens (tertiary/aromatic N) is 2. The van der Waals surface area contributed by atoms with Crippen LogP contribution in [0.2, 0.25) is 0 Å². The minimum absolute atomic E-state index is 0.428. The van der Waals surface area contributed by atoms with Crippen molar-refractivity contribution in [2.24, 2.45) is 11.8 Å². The molecule has 1 saturated carbocycles. The van der Waals surface area contributed by atoms with Crippen LogP contribution < -0.4 is 0 Å². The first-order chi connectivity index (χ1) is 8.00. The van der Waals surface area contributed by atoms with Crippen LogP contribution in [0.5, 0.6) is 0 Å². The van der Waals surface area contributed by atoms with Gasteiger partial charge in [-0.2, -0.15) is 5.10 Å². The summed E-state index contributed by atoms with van der Waals surface area (Å²) in [7, 11) is 0. The van der Waals surface area contributed by atoms with E-state index in [1.54, 1.807) is 0 Å². The Balaban J connectivity index is 2.28. The van der Waals surface area contributed by atoms with E-state index in [9.17, 15) is 0 Å². The molecule has 3 atom stereocenters. The zero-order valence-electron chi connectivity index (χ0n) is 11.2. The molecule has 2 rings (SSSR count). The third kappa shape index (κ3) is 2.46. The number of hydrogen-bond donors (Lipinski definition) is 1. The highest BCUT2D eigenvalue weighted by Gasteiger charge is 2.28. The van der Waals surface area contributed by atoms with E-state index in [4.69, 9.17) is 12.2 Å². The zero-order valence-corrected chi connectivity index (χ0v) is 12.0. The molecule has 0 aromatic carbocycles. The molecule has 17 heavy (non-hydrogen) atoms. The van der Waals surface area contributed by atoms with E-state index in [0.29, 0.717) is 12.0 Å². The van der Waals surface area contributed by atoms with Gasteiger partial charge < -0.3 is 4.57 Å². The lowest BCUT2D eigenvalue weighted by molar-refractivity contribution is 0.206. The van der Waals surface area contributed by atoms with Crippen LogP contribution in [0.3, 0.4) is 0 Å². The fraction of sp³-hybridized carbons (Fsp3) is 0.846. The third-order valence-corrected chi connectivity index (χ3v) is 4.47. The van der Waals surface area contributed by atoms with Gasteiger partial charge in [-0.25, -0.2) is 0 Å². The van der Waals surface area contributed by atoms with Crippen LogP contribution in [0.4, 0.5) is 0 Å². The second kappa shape index (κ2) is 4.92. The van der Waals surface area contributed by atoms with Gasteiger partial charge in [-0.3, -0.25) is 5.10 Å². The summed E-state index contributed by atoms with van der Waals surface area (Å²) in [6.45, 7) is 9.07. The fourth-order valence-electron chi connectivity index (χ4n) is 2.83. The molecule has 0 bridgehead atoms. The van der Waals surface area contributed by atoms with Crippen molar-refractivity contribution < 1.29 is 0 Å². The lowest BCUT2D eigenvalue weighted by atomic mass is 9.79. The van der Waals surface area contributed by atoms with Gasteiger partial charge >= 0.3 is 0 Å². The van der Waals surface area contributed by atoms with Crippen LogP contribution in [-0.2, 0) is 0 Å². The lowest BCUT2D eigenvalue weighted by Gasteiger charge is -2.33. The van der Waals surface area contributed by atoms with Crippen LogP contribution in [0.25, 0.3) is 0 Å². The minimum atomic E-state index is 0.428. The van der Waals surface area contributed by atoms with Crippen molar-refractivity contribution in [1.82, 2.24) is 14.8 Å². The summed E-state index contributed by atoms with van der Waals surface area (Å²) < 4.78 is 3.06. The largest absolute Gasteiger partial charge is 0.301 e. The molecule has 0 radical (unpaired) electrons. The molecule has 1 aromatic rings. The van der Waals surface area contributed by atoms with Gasteiger partial charge in [-0.1, -0.05) is 27.7 Å². The molecule has 1 N–H and O–H groups in total. The van der Waals surface area contributed by atoms with E-state index >= 15 is 0 Å². The average molecular weight is 253 g/mol. The third-order valence-electron chi connectivity index (χ3n) is 4.18. The molecule has 1 aliphatic carbocycles. The average Bonchev–Trinajstić information content (AvgIpc) is 2.64. The Morgan fingerprint density at radius 2 is 2.00 bits per heavy atom. The summed E-state index contributed by atoms with van der Waals surface area (Å²) in [6.07, 6.45) is 3.77. The molecule has 1 heterocycles. The normalized spacial score (nSPS) is 29.8. The molecule has 1 fully saturated rings. The summed E-state index contributed by atoms with van der Waals surface area (Å²) in [5.74, 6) is 3.17. The maximum absolute atomic E-state index is 5.39. The molecular weight excluding hydrogens is 230 g/mol. The standard InChI is InChI=1S/C13H23N3S/c1-8(2)12-14-15-13(17)16(12)11-6-5-9(3)10(4)7-11/h8-11H,5-7H2,1-4H3,(H,15,17). The van der Waals surface area contributed by atoms with Gasteiger partial charge in [-0.15, -0.1) is 0 Å². The van der Waals surface area contributed by atoms with Crippen molar-refractivity contribution in [3.63, 3.8) is 0 Å². The maximum Gasteiger partial charge on any atom is 0.195 e. The Morgan fingerprint density at radius 3 is 2.59 bits per heavy atom. The molecular formula is C13H23N3S. The van der Waals surface area contributed by atoms with Crippen molar-refractivity contribution in [3.8, 4) is 0 Å². The molecule has 4 heteroatoms. The smallest absolute Gasteiger partial charge is 0.195 e. The van der Waals surface area contributed by atoms with Gasteiger partial charge in [0.25, 0.3) is 0 Å². The zero-order chi connectivity index (χ0) is 12.6. The summed E-state index contributed by atoms with van der Waals surface area (Å²) in [5, 5.41) is 7.34. The fourth-order valence-corrected chi connectivity index (χ4v) is 3.12. The number of H-pyrrole nitrogens is 1. The van der Waals surface area contributed by atoms with Crippen LogP contribution in [0, 0.1) is 16.6 Å². The van der Waals surface area contributed by atoms with E-state index < -0.39 is 0 Å². The van der Waals surface area contributed by atoms with Gasteiger partial charge in [0.05, 0.1) is 0 Å². The van der Waals surface area contributed by atoms with Crippen LogP contribution >= 0.6 is 12.2 Å². The maximum atomic E-state index is 5.39. The minimum Gasteiger partial charge on any atom is -0.301 e. The van der Waals surface area contributed by atoms with Crippen molar-refractivity contribution in [2.75, 3.05) is 0 Å². The van der Waals surface area contributed by atoms with Crippen molar-refractivity contribution in [1.29, 1.82) is 0 Å². The highest BCUT2D eigenvalue weighted by atomic mass is 32.1. The lowest BCUT2D eigenvalue weighted by Crippen LogP contribution is -2.24. The van der Waals surface area contributed by atoms with Crippen molar-refractivity contribution in [2.45, 2.75) is 58.9 Å². The quantitative estimate of drug-likeness (QED) is 0.806. The summed E-state index contributed by atoms with van der Waals surface area (Å²) >= 11 is 5.39. The van der Waals surface area contributed by atoms with E-state index in [-0.39, 0.29) is 0 Å². The van der Waals surface area contributed by atoms with E-state index in [2.05, 4.69) is 42.5 Å². The number of nitrogens with one attached hydrogen (secondary N) is 1. The predicted octanol–water partition coefficient (Wildman–Crippen LogP) is 4.06. The number of aromatic nitrogens is 3. The SMILES string of the molecule is CC(C)c1n[nH]c(=S)n1C1CCC(C)C(C)C1. The van der Waals surface area contributed by atoms with Crippen molar-refractivity contribution >= 4 is 12.2 Å². The first kappa shape index (κ1) is 12.8. The Bertz CT molecular complexity index is 432. The van der Waals surface area contributed by atoms with Gasteiger partial charge in [0, 0.05) is 12.0 Å². The Hall–Kier alpha value is -0.640. The predicted molar refractivity (Wildman–Crippen MR) is 72.7 cm³/mol. The molecule has 1 aliphatic rings. The molecule has 0 saturated heterocycles. The van der Waals surface area contributed by atoms with Crippen LogP contribution in [0.15, 0.2) is 0 Å². The van der Waals surface area contributed by atoms with Crippen LogP contribution in [-0.4, -0.2) is 14.8 Å². The van der Waals surface area contributed by atoms with Gasteiger partial charge in [-0.05, 0) is 43.3 Å². The molecule has 0 spiro atoms. The number of hydrogen-bond acceptors (Lipinski definition) is 2. The summed E-state index contributed by atoms with van der Waals surface area (Å²) in [4.78, 5) is 0. The second-order valence-electron chi connectivity index (χ2n) is 5.83. The topological polar surface area (TPSA) is 33.6 Å². The summed E-state index contributed by atoms with van der Waals surface area (Å²) in [5.41, 5.74) is 0. The molecule has 3 unspecified atom stereocenters. The van der Waals surface area contributed by atoms with E-state index in [0.717, 1.165) is 22.4 Å². The monoisotopic (exact) mass is 253 g/mol. The highest BCUT2D eigenvalue weighted by Crippen LogP contribution is 2.37. The molecule has 1 aromatic heterocycles. The van der Waals surface area contributed by atoms with Gasteiger partial charge in [0.1, 0.15) is 5.82 Å². The number of rotatable bonds is 2. The van der Waals surface area contributed by atoms with Gasteiger partial charge in [0.2, 0.25) is 0 Å². The molecule has 3 nitrogen and oxygen atoms in total. The number of aromatic amines is 1. The first-order valence-corrected chi connectivity index (χ1v) is 7.08. The molecule has 96 valence electrons. The van der Waals surface area contributed by atoms with Crippen LogP contribution in [0.1, 0.15) is 64.7 Å².